The Morgan fingerprint density at radius 1 is 1.21 bits per heavy atom. The molecular formula is C24H20BrClN3OS3+. The Kier molecular flexibility index (Phi) is 6.55. The third-order valence-corrected chi connectivity index (χ3v) is 9.80. The van der Waals surface area contributed by atoms with Gasteiger partial charge in [-0.05, 0) is 31.2 Å². The van der Waals surface area contributed by atoms with Gasteiger partial charge in [0.15, 0.2) is 12.7 Å². The number of thioether (sulfide) groups is 1. The first-order valence-electron chi connectivity index (χ1n) is 10.3. The molecule has 0 bridgehead atoms. The highest BCUT2D eigenvalue weighted by Crippen LogP contribution is 2.46. The minimum Gasteiger partial charge on any atom is -0.337 e. The summed E-state index contributed by atoms with van der Waals surface area (Å²) in [5.74, 6) is 0. The van der Waals surface area contributed by atoms with E-state index in [1.54, 1.807) is 34.4 Å². The molecule has 0 amide bonds. The third-order valence-electron chi connectivity index (χ3n) is 5.48. The van der Waals surface area contributed by atoms with Gasteiger partial charge >= 0.3 is 0 Å². The van der Waals surface area contributed by atoms with E-state index in [0.717, 1.165) is 40.8 Å². The molecule has 0 unspecified atom stereocenters. The van der Waals surface area contributed by atoms with E-state index in [1.165, 1.54) is 5.56 Å². The molecular weight excluding hydrogens is 558 g/mol. The summed E-state index contributed by atoms with van der Waals surface area (Å²) in [5.41, 5.74) is 2.34. The van der Waals surface area contributed by atoms with Crippen LogP contribution in [0.5, 0.6) is 0 Å². The lowest BCUT2D eigenvalue weighted by Gasteiger charge is -2.12. The summed E-state index contributed by atoms with van der Waals surface area (Å²) in [7, 11) is 2.01. The van der Waals surface area contributed by atoms with Gasteiger partial charge in [0.05, 0.1) is 17.1 Å². The van der Waals surface area contributed by atoms with E-state index in [2.05, 4.69) is 61.2 Å². The summed E-state index contributed by atoms with van der Waals surface area (Å²) in [5, 5.41) is 4.85. The van der Waals surface area contributed by atoms with Crippen LogP contribution < -0.4 is 24.2 Å². The van der Waals surface area contributed by atoms with Crippen LogP contribution in [-0.2, 0) is 13.1 Å². The lowest BCUT2D eigenvalue weighted by molar-refractivity contribution is -0.685. The zero-order chi connectivity index (χ0) is 23.1. The minimum absolute atomic E-state index is 0.0518. The van der Waals surface area contributed by atoms with Crippen LogP contribution in [0, 0.1) is 0 Å². The van der Waals surface area contributed by atoms with Crippen molar-refractivity contribution in [1.82, 2.24) is 4.57 Å². The second-order valence-electron chi connectivity index (χ2n) is 7.50. The molecule has 0 N–H and O–H groups in total. The smallest absolute Gasteiger partial charge is 0.271 e. The molecule has 168 valence electrons. The molecule has 9 heteroatoms. The van der Waals surface area contributed by atoms with E-state index < -0.39 is 0 Å². The first-order valence-corrected chi connectivity index (χ1v) is 14.0. The number of thiazole rings is 2. The highest BCUT2D eigenvalue weighted by molar-refractivity contribution is 9.10. The summed E-state index contributed by atoms with van der Waals surface area (Å²) in [6.45, 7) is 3.40. The molecule has 0 saturated carbocycles. The van der Waals surface area contributed by atoms with Crippen molar-refractivity contribution in [3.05, 3.63) is 93.7 Å². The van der Waals surface area contributed by atoms with Crippen molar-refractivity contribution in [1.29, 1.82) is 0 Å². The summed E-state index contributed by atoms with van der Waals surface area (Å²) in [4.78, 5) is 16.5. The maximum Gasteiger partial charge on any atom is 0.271 e. The predicted molar refractivity (Wildman–Crippen MR) is 144 cm³/mol. The fraction of sp³-hybridized carbons (Fsp3) is 0.167. The molecule has 0 spiro atoms. The van der Waals surface area contributed by atoms with Crippen molar-refractivity contribution < 1.29 is 4.57 Å². The zero-order valence-corrected chi connectivity index (χ0v) is 22.7. The Bertz CT molecular complexity index is 1540. The number of anilines is 1. The Hall–Kier alpha value is -1.84. The zero-order valence-electron chi connectivity index (χ0n) is 17.9. The van der Waals surface area contributed by atoms with Crippen LogP contribution in [0.2, 0.25) is 5.02 Å². The molecule has 0 aliphatic carbocycles. The number of hydrogen-bond acceptors (Lipinski definition) is 5. The van der Waals surface area contributed by atoms with Crippen molar-refractivity contribution in [3.8, 4) is 0 Å². The Labute approximate surface area is 217 Å². The summed E-state index contributed by atoms with van der Waals surface area (Å²) >= 11 is 14.7. The number of nitrogens with zero attached hydrogens (tertiary/aromatic N) is 3. The number of fused-ring (bicyclic) bond motifs is 1. The molecule has 0 saturated heterocycles. The van der Waals surface area contributed by atoms with Gasteiger partial charge in [-0.3, -0.25) is 9.36 Å². The second kappa shape index (κ2) is 9.43. The normalized spacial score (nSPS) is 15.4. The molecule has 1 aliphatic rings. The van der Waals surface area contributed by atoms with Crippen molar-refractivity contribution in [2.75, 3.05) is 11.9 Å². The van der Waals surface area contributed by atoms with Crippen LogP contribution in [0.25, 0.3) is 11.1 Å². The lowest BCUT2D eigenvalue weighted by atomic mass is 10.2. The average Bonchev–Trinajstić information content (AvgIpc) is 3.46. The van der Waals surface area contributed by atoms with Crippen molar-refractivity contribution in [2.45, 2.75) is 24.9 Å². The molecule has 0 atom stereocenters. The fourth-order valence-corrected chi connectivity index (χ4v) is 7.78. The van der Waals surface area contributed by atoms with Crippen LogP contribution in [0.1, 0.15) is 17.5 Å². The third kappa shape index (κ3) is 4.35. The van der Waals surface area contributed by atoms with Crippen molar-refractivity contribution in [2.24, 2.45) is 0 Å². The second-order valence-corrected chi connectivity index (χ2v) is 11.8. The maximum atomic E-state index is 13.4. The van der Waals surface area contributed by atoms with Crippen LogP contribution in [0.4, 0.5) is 5.69 Å². The molecule has 1 aliphatic heterocycles. The van der Waals surface area contributed by atoms with Gasteiger partial charge in [0.2, 0.25) is 0 Å². The highest BCUT2D eigenvalue weighted by atomic mass is 79.9. The van der Waals surface area contributed by atoms with Crippen LogP contribution in [-0.4, -0.2) is 11.6 Å². The Morgan fingerprint density at radius 3 is 2.82 bits per heavy atom. The topological polar surface area (TPSA) is 29.1 Å². The van der Waals surface area contributed by atoms with E-state index >= 15 is 0 Å². The van der Waals surface area contributed by atoms with E-state index in [-0.39, 0.29) is 5.56 Å². The van der Waals surface area contributed by atoms with E-state index in [0.29, 0.717) is 11.6 Å². The monoisotopic (exact) mass is 576 g/mol. The lowest BCUT2D eigenvalue weighted by Crippen LogP contribution is -2.36. The number of hydrogen-bond donors (Lipinski definition) is 0. The standard InChI is InChI=1S/C24H20BrClN3OS3/c1-3-29-21(13-20-28(10-11-31-20)14-15-6-4-5-7-17(15)25)33-22(23(29)30)24-27(2)18-9-8-16(26)12-19(18)32-24/h4-13H,3,14H2,1-2H3/q+1/b24-22+. The number of rotatable bonds is 4. The van der Waals surface area contributed by atoms with Gasteiger partial charge < -0.3 is 4.90 Å². The van der Waals surface area contributed by atoms with Crippen molar-refractivity contribution >= 4 is 78.8 Å². The maximum absolute atomic E-state index is 13.4. The van der Waals surface area contributed by atoms with Crippen LogP contribution >= 0.6 is 62.0 Å². The molecule has 5 rings (SSSR count). The van der Waals surface area contributed by atoms with Gasteiger partial charge in [-0.1, -0.05) is 68.8 Å². The summed E-state index contributed by atoms with van der Waals surface area (Å²) < 4.78 is 6.89. The quantitative estimate of drug-likeness (QED) is 0.324. The molecule has 2 aromatic carbocycles. The molecule has 4 nitrogen and oxygen atoms in total. The van der Waals surface area contributed by atoms with E-state index in [4.69, 9.17) is 11.6 Å². The van der Waals surface area contributed by atoms with Crippen LogP contribution in [0.15, 0.2) is 68.2 Å². The minimum atomic E-state index is 0.0518. The van der Waals surface area contributed by atoms with Gasteiger partial charge in [-0.15, -0.1) is 11.3 Å². The molecule has 33 heavy (non-hydrogen) atoms. The molecule has 2 aromatic heterocycles. The van der Waals surface area contributed by atoms with Gasteiger partial charge in [-0.25, -0.2) is 0 Å². The SMILES string of the molecule is CCn1c(=O)/c(=C2\Sc3cc(Cl)ccc3N2C)s/c1=C\c1scc[n+]1Cc1ccccc1Br. The van der Waals surface area contributed by atoms with E-state index in [1.807, 2.05) is 42.8 Å². The van der Waals surface area contributed by atoms with Crippen molar-refractivity contribution in [3.63, 3.8) is 0 Å². The first kappa shape index (κ1) is 22.9. The predicted octanol–water partition coefficient (Wildman–Crippen LogP) is 4.88. The average molecular weight is 578 g/mol. The molecule has 0 radical (unpaired) electrons. The highest BCUT2D eigenvalue weighted by Gasteiger charge is 2.25. The molecule has 3 heterocycles. The number of aromatic nitrogens is 2. The largest absolute Gasteiger partial charge is 0.337 e. The Morgan fingerprint density at radius 2 is 2.03 bits per heavy atom. The Balaban J connectivity index is 1.61. The van der Waals surface area contributed by atoms with Gasteiger partial charge in [-0.2, -0.15) is 4.57 Å². The summed E-state index contributed by atoms with van der Waals surface area (Å²) in [6.07, 6.45) is 4.22. The summed E-state index contributed by atoms with van der Waals surface area (Å²) in [6, 6.07) is 14.1. The first-order chi connectivity index (χ1) is 16.0. The fourth-order valence-electron chi connectivity index (χ4n) is 3.77. The molecule has 4 aromatic rings. The van der Waals surface area contributed by atoms with Gasteiger partial charge in [0, 0.05) is 33.5 Å². The van der Waals surface area contributed by atoms with Gasteiger partial charge in [0.25, 0.3) is 10.6 Å². The number of halogens is 2. The van der Waals surface area contributed by atoms with Crippen LogP contribution in [0.3, 0.4) is 0 Å². The molecule has 0 fully saturated rings. The number of benzene rings is 2. The van der Waals surface area contributed by atoms with Gasteiger partial charge in [0.1, 0.15) is 14.2 Å². The van der Waals surface area contributed by atoms with E-state index in [9.17, 15) is 4.79 Å².